The molecule has 0 spiro atoms. The van der Waals surface area contributed by atoms with E-state index in [-0.39, 0.29) is 17.8 Å². The third-order valence-corrected chi connectivity index (χ3v) is 4.80. The Kier molecular flexibility index (Phi) is 4.68. The van der Waals surface area contributed by atoms with E-state index in [1.54, 1.807) is 19.2 Å². The number of amides is 1. The van der Waals surface area contributed by atoms with Gasteiger partial charge in [0.2, 0.25) is 17.6 Å². The Bertz CT molecular complexity index is 955. The van der Waals surface area contributed by atoms with E-state index in [2.05, 4.69) is 27.6 Å². The number of benzene rings is 2. The predicted octanol–water partition coefficient (Wildman–Crippen LogP) is 2.55. The van der Waals surface area contributed by atoms with Gasteiger partial charge >= 0.3 is 0 Å². The molecule has 0 saturated carbocycles. The number of carbonyl (C=O) groups is 1. The SMILES string of the molecule is CNC(=O)[C@@H]1Cc2ccccc2CN1Cc1nc(-c2ccc(F)cc2)no1. The lowest BCUT2D eigenvalue weighted by Gasteiger charge is -2.34. The van der Waals surface area contributed by atoms with E-state index in [9.17, 15) is 9.18 Å². The first-order chi connectivity index (χ1) is 13.1. The summed E-state index contributed by atoms with van der Waals surface area (Å²) in [4.78, 5) is 18.8. The molecule has 1 amide bonds. The smallest absolute Gasteiger partial charge is 0.241 e. The van der Waals surface area contributed by atoms with Crippen LogP contribution in [0.3, 0.4) is 0 Å². The highest BCUT2D eigenvalue weighted by Gasteiger charge is 2.32. The van der Waals surface area contributed by atoms with E-state index in [1.807, 2.05) is 17.0 Å². The molecule has 0 aliphatic carbocycles. The molecule has 0 unspecified atom stereocenters. The molecule has 1 N–H and O–H groups in total. The summed E-state index contributed by atoms with van der Waals surface area (Å²) in [6, 6.07) is 13.7. The monoisotopic (exact) mass is 366 g/mol. The number of fused-ring (bicyclic) bond motifs is 1. The van der Waals surface area contributed by atoms with Crippen molar-refractivity contribution in [2.75, 3.05) is 7.05 Å². The highest BCUT2D eigenvalue weighted by atomic mass is 19.1. The molecule has 6 nitrogen and oxygen atoms in total. The fourth-order valence-electron chi connectivity index (χ4n) is 3.38. The van der Waals surface area contributed by atoms with E-state index >= 15 is 0 Å². The minimum absolute atomic E-state index is 0.0391. The topological polar surface area (TPSA) is 71.3 Å². The molecule has 1 aliphatic rings. The van der Waals surface area contributed by atoms with Gasteiger partial charge in [-0.1, -0.05) is 29.4 Å². The summed E-state index contributed by atoms with van der Waals surface area (Å²) < 4.78 is 18.5. The second-order valence-electron chi connectivity index (χ2n) is 6.53. The summed E-state index contributed by atoms with van der Waals surface area (Å²) in [5, 5.41) is 6.72. The second-order valence-corrected chi connectivity index (χ2v) is 6.53. The Balaban J connectivity index is 1.57. The maximum Gasteiger partial charge on any atom is 0.241 e. The van der Waals surface area contributed by atoms with E-state index in [0.29, 0.717) is 36.8 Å². The lowest BCUT2D eigenvalue weighted by atomic mass is 9.93. The van der Waals surface area contributed by atoms with Gasteiger partial charge in [-0.25, -0.2) is 4.39 Å². The molecule has 0 radical (unpaired) electrons. The zero-order chi connectivity index (χ0) is 18.8. The Hall–Kier alpha value is -3.06. The van der Waals surface area contributed by atoms with Crippen LogP contribution < -0.4 is 5.32 Å². The van der Waals surface area contributed by atoms with Gasteiger partial charge in [0.25, 0.3) is 0 Å². The standard InChI is InChI=1S/C20H19FN4O2/c1-22-20(26)17-10-14-4-2-3-5-15(14)11-25(17)12-18-23-19(24-27-18)13-6-8-16(21)9-7-13/h2-9,17H,10-12H2,1H3,(H,22,26)/t17-/m0/s1. The number of nitrogens with zero attached hydrogens (tertiary/aromatic N) is 3. The number of likely N-dealkylation sites (N-methyl/N-ethyl adjacent to an activating group) is 1. The predicted molar refractivity (Wildman–Crippen MR) is 96.9 cm³/mol. The van der Waals surface area contributed by atoms with Gasteiger partial charge in [-0.15, -0.1) is 0 Å². The number of hydrogen-bond donors (Lipinski definition) is 1. The third-order valence-electron chi connectivity index (χ3n) is 4.80. The molecule has 1 aliphatic heterocycles. The van der Waals surface area contributed by atoms with Crippen LogP contribution in [0.15, 0.2) is 53.1 Å². The molecule has 4 rings (SSSR count). The van der Waals surface area contributed by atoms with Crippen molar-refractivity contribution in [3.8, 4) is 11.4 Å². The van der Waals surface area contributed by atoms with Gasteiger partial charge in [0, 0.05) is 19.2 Å². The molecule has 0 saturated heterocycles. The van der Waals surface area contributed by atoms with Crippen molar-refractivity contribution < 1.29 is 13.7 Å². The molecule has 1 atom stereocenters. The first-order valence-corrected chi connectivity index (χ1v) is 8.75. The second kappa shape index (κ2) is 7.28. The van der Waals surface area contributed by atoms with Crippen molar-refractivity contribution in [2.24, 2.45) is 0 Å². The van der Waals surface area contributed by atoms with Gasteiger partial charge in [-0.3, -0.25) is 9.69 Å². The van der Waals surface area contributed by atoms with E-state index in [1.165, 1.54) is 23.3 Å². The molecule has 1 aromatic heterocycles. The van der Waals surface area contributed by atoms with Crippen LogP contribution >= 0.6 is 0 Å². The Morgan fingerprint density at radius 1 is 1.22 bits per heavy atom. The minimum atomic E-state index is -0.317. The highest BCUT2D eigenvalue weighted by Crippen LogP contribution is 2.25. The van der Waals surface area contributed by atoms with Crippen molar-refractivity contribution in [3.63, 3.8) is 0 Å². The average molecular weight is 366 g/mol. The van der Waals surface area contributed by atoms with Gasteiger partial charge < -0.3 is 9.84 Å². The fraction of sp³-hybridized carbons (Fsp3) is 0.250. The Labute approximate surface area is 156 Å². The van der Waals surface area contributed by atoms with Crippen LogP contribution in [0.5, 0.6) is 0 Å². The average Bonchev–Trinajstić information content (AvgIpc) is 3.16. The zero-order valence-electron chi connectivity index (χ0n) is 14.9. The Morgan fingerprint density at radius 2 is 1.96 bits per heavy atom. The highest BCUT2D eigenvalue weighted by molar-refractivity contribution is 5.82. The number of carbonyl (C=O) groups excluding carboxylic acids is 1. The van der Waals surface area contributed by atoms with Gasteiger partial charge in [0.15, 0.2) is 0 Å². The van der Waals surface area contributed by atoms with Gasteiger partial charge in [-0.05, 0) is 41.8 Å². The van der Waals surface area contributed by atoms with Crippen molar-refractivity contribution in [1.82, 2.24) is 20.4 Å². The molecule has 138 valence electrons. The summed E-state index contributed by atoms with van der Waals surface area (Å²) in [6.45, 7) is 0.989. The number of nitrogens with one attached hydrogen (secondary N) is 1. The Morgan fingerprint density at radius 3 is 2.70 bits per heavy atom. The fourth-order valence-corrected chi connectivity index (χ4v) is 3.38. The zero-order valence-corrected chi connectivity index (χ0v) is 14.9. The first-order valence-electron chi connectivity index (χ1n) is 8.75. The minimum Gasteiger partial charge on any atom is -0.358 e. The van der Waals surface area contributed by atoms with Crippen molar-refractivity contribution >= 4 is 5.91 Å². The number of halogens is 1. The van der Waals surface area contributed by atoms with E-state index in [0.717, 1.165) is 0 Å². The largest absolute Gasteiger partial charge is 0.358 e. The molecule has 7 heteroatoms. The molecule has 2 aromatic carbocycles. The number of aromatic nitrogens is 2. The van der Waals surface area contributed by atoms with Gasteiger partial charge in [0.05, 0.1) is 12.6 Å². The summed E-state index contributed by atoms with van der Waals surface area (Å²) in [7, 11) is 1.64. The molecule has 3 aromatic rings. The molecular formula is C20H19FN4O2. The van der Waals surface area contributed by atoms with E-state index in [4.69, 9.17) is 4.52 Å². The van der Waals surface area contributed by atoms with Crippen LogP contribution in [-0.2, 0) is 24.3 Å². The molecule has 2 heterocycles. The number of rotatable bonds is 4. The molecule has 0 fully saturated rings. The van der Waals surface area contributed by atoms with Crippen LogP contribution in [0.4, 0.5) is 4.39 Å². The third kappa shape index (κ3) is 3.59. The molecule has 0 bridgehead atoms. The van der Waals surface area contributed by atoms with Crippen molar-refractivity contribution in [2.45, 2.75) is 25.6 Å². The van der Waals surface area contributed by atoms with Crippen LogP contribution in [0, 0.1) is 5.82 Å². The van der Waals surface area contributed by atoms with Crippen LogP contribution in [0.2, 0.25) is 0 Å². The quantitative estimate of drug-likeness (QED) is 0.768. The van der Waals surface area contributed by atoms with Gasteiger partial charge in [0.1, 0.15) is 5.82 Å². The molecule has 27 heavy (non-hydrogen) atoms. The molecular weight excluding hydrogens is 347 g/mol. The summed E-state index contributed by atoms with van der Waals surface area (Å²) in [5.41, 5.74) is 3.05. The van der Waals surface area contributed by atoms with Crippen LogP contribution in [0.25, 0.3) is 11.4 Å². The summed E-state index contributed by atoms with van der Waals surface area (Å²) in [6.07, 6.45) is 0.634. The lowest BCUT2D eigenvalue weighted by molar-refractivity contribution is -0.127. The van der Waals surface area contributed by atoms with Gasteiger partial charge in [-0.2, -0.15) is 4.98 Å². The van der Waals surface area contributed by atoms with Crippen LogP contribution in [-0.4, -0.2) is 34.0 Å². The first kappa shape index (κ1) is 17.4. The van der Waals surface area contributed by atoms with Crippen molar-refractivity contribution in [3.05, 3.63) is 71.4 Å². The normalized spacial score (nSPS) is 16.7. The lowest BCUT2D eigenvalue weighted by Crippen LogP contribution is -2.49. The number of hydrogen-bond acceptors (Lipinski definition) is 5. The summed E-state index contributed by atoms with van der Waals surface area (Å²) in [5.74, 6) is 0.465. The van der Waals surface area contributed by atoms with Crippen molar-refractivity contribution in [1.29, 1.82) is 0 Å². The maximum absolute atomic E-state index is 13.1. The van der Waals surface area contributed by atoms with Crippen LogP contribution in [0.1, 0.15) is 17.0 Å². The van der Waals surface area contributed by atoms with E-state index < -0.39 is 0 Å². The maximum atomic E-state index is 13.1. The summed E-state index contributed by atoms with van der Waals surface area (Å²) >= 11 is 0.